The highest BCUT2D eigenvalue weighted by atomic mass is 35.5. The van der Waals surface area contributed by atoms with Crippen LogP contribution in [0.2, 0.25) is 5.02 Å². The fourth-order valence-electron chi connectivity index (χ4n) is 1.92. The highest BCUT2D eigenvalue weighted by Gasteiger charge is 2.33. The Kier molecular flexibility index (Phi) is 4.23. The molecule has 0 aromatic heterocycles. The standard InChI is InChI=1S/C15H13ClF3N/c16-14-8-5-11(9-13(14)15(17,18)19)2-1-10-3-6-12(20)7-4-10/h3-9H,1-2,20H2. The second kappa shape index (κ2) is 5.75. The van der Waals surface area contributed by atoms with Crippen molar-refractivity contribution in [3.63, 3.8) is 0 Å². The number of aryl methyl sites for hydroxylation is 2. The van der Waals surface area contributed by atoms with Crippen molar-refractivity contribution in [3.8, 4) is 0 Å². The molecule has 0 unspecified atom stereocenters. The van der Waals surface area contributed by atoms with Crippen molar-refractivity contribution < 1.29 is 13.2 Å². The maximum absolute atomic E-state index is 12.7. The van der Waals surface area contributed by atoms with Crippen LogP contribution in [0.1, 0.15) is 16.7 Å². The van der Waals surface area contributed by atoms with E-state index in [1.807, 2.05) is 12.1 Å². The van der Waals surface area contributed by atoms with E-state index in [0.29, 0.717) is 24.1 Å². The van der Waals surface area contributed by atoms with E-state index in [4.69, 9.17) is 17.3 Å². The van der Waals surface area contributed by atoms with Gasteiger partial charge in [0.2, 0.25) is 0 Å². The van der Waals surface area contributed by atoms with Crippen molar-refractivity contribution in [2.45, 2.75) is 19.0 Å². The predicted octanol–water partition coefficient (Wildman–Crippen LogP) is 4.73. The SMILES string of the molecule is Nc1ccc(CCc2ccc(Cl)c(C(F)(F)F)c2)cc1. The molecule has 0 aliphatic rings. The monoisotopic (exact) mass is 299 g/mol. The summed E-state index contributed by atoms with van der Waals surface area (Å²) in [5.41, 5.74) is 7.10. The van der Waals surface area contributed by atoms with Crippen LogP contribution in [0.5, 0.6) is 0 Å². The lowest BCUT2D eigenvalue weighted by atomic mass is 10.0. The Labute approximate surface area is 120 Å². The normalized spacial score (nSPS) is 11.6. The van der Waals surface area contributed by atoms with Crippen molar-refractivity contribution in [1.29, 1.82) is 0 Å². The largest absolute Gasteiger partial charge is 0.417 e. The molecule has 2 aromatic rings. The molecule has 20 heavy (non-hydrogen) atoms. The van der Waals surface area contributed by atoms with Crippen LogP contribution < -0.4 is 5.73 Å². The second-order valence-electron chi connectivity index (χ2n) is 4.55. The minimum Gasteiger partial charge on any atom is -0.399 e. The smallest absolute Gasteiger partial charge is 0.399 e. The van der Waals surface area contributed by atoms with Gasteiger partial charge in [-0.1, -0.05) is 29.8 Å². The molecular weight excluding hydrogens is 287 g/mol. The van der Waals surface area contributed by atoms with Gasteiger partial charge >= 0.3 is 6.18 Å². The quantitative estimate of drug-likeness (QED) is 0.815. The summed E-state index contributed by atoms with van der Waals surface area (Å²) in [5.74, 6) is 0. The van der Waals surface area contributed by atoms with Crippen LogP contribution >= 0.6 is 11.6 Å². The minimum atomic E-state index is -4.42. The van der Waals surface area contributed by atoms with Crippen LogP contribution in [0.25, 0.3) is 0 Å². The average molecular weight is 300 g/mol. The van der Waals surface area contributed by atoms with E-state index < -0.39 is 11.7 Å². The molecule has 0 bridgehead atoms. The predicted molar refractivity (Wildman–Crippen MR) is 74.7 cm³/mol. The van der Waals surface area contributed by atoms with Crippen molar-refractivity contribution >= 4 is 17.3 Å². The van der Waals surface area contributed by atoms with Crippen LogP contribution in [-0.4, -0.2) is 0 Å². The molecule has 2 rings (SSSR count). The van der Waals surface area contributed by atoms with Crippen LogP contribution in [0.3, 0.4) is 0 Å². The maximum atomic E-state index is 12.7. The fraction of sp³-hybridized carbons (Fsp3) is 0.200. The van der Waals surface area contributed by atoms with Gasteiger partial charge in [0.15, 0.2) is 0 Å². The van der Waals surface area contributed by atoms with Gasteiger partial charge in [0.05, 0.1) is 10.6 Å². The highest BCUT2D eigenvalue weighted by Crippen LogP contribution is 2.35. The number of alkyl halides is 3. The summed E-state index contributed by atoms with van der Waals surface area (Å²) in [4.78, 5) is 0. The molecule has 5 heteroatoms. The van der Waals surface area contributed by atoms with E-state index in [-0.39, 0.29) is 5.02 Å². The number of hydrogen-bond acceptors (Lipinski definition) is 1. The van der Waals surface area contributed by atoms with Gasteiger partial charge in [0, 0.05) is 5.69 Å². The fourth-order valence-corrected chi connectivity index (χ4v) is 2.14. The van der Waals surface area contributed by atoms with Crippen molar-refractivity contribution in [2.75, 3.05) is 5.73 Å². The first kappa shape index (κ1) is 14.7. The van der Waals surface area contributed by atoms with E-state index in [1.165, 1.54) is 6.07 Å². The van der Waals surface area contributed by atoms with Crippen LogP contribution in [0.15, 0.2) is 42.5 Å². The average Bonchev–Trinajstić information content (AvgIpc) is 2.38. The van der Waals surface area contributed by atoms with Crippen LogP contribution in [-0.2, 0) is 19.0 Å². The first-order valence-electron chi connectivity index (χ1n) is 6.06. The Morgan fingerprint density at radius 2 is 1.45 bits per heavy atom. The van der Waals surface area contributed by atoms with Crippen LogP contribution in [0.4, 0.5) is 18.9 Å². The topological polar surface area (TPSA) is 26.0 Å². The number of halogens is 4. The Morgan fingerprint density at radius 1 is 0.900 bits per heavy atom. The first-order valence-corrected chi connectivity index (χ1v) is 6.44. The summed E-state index contributed by atoms with van der Waals surface area (Å²) in [5, 5.41) is -0.270. The third kappa shape index (κ3) is 3.67. The van der Waals surface area contributed by atoms with Crippen molar-refractivity contribution in [3.05, 3.63) is 64.2 Å². The molecular formula is C15H13ClF3N. The lowest BCUT2D eigenvalue weighted by molar-refractivity contribution is -0.137. The molecule has 0 saturated heterocycles. The number of nitrogens with two attached hydrogens (primary N) is 1. The van der Waals surface area contributed by atoms with Gasteiger partial charge in [-0.2, -0.15) is 13.2 Å². The molecule has 1 nitrogen and oxygen atoms in total. The zero-order valence-corrected chi connectivity index (χ0v) is 11.3. The van der Waals surface area contributed by atoms with E-state index in [0.717, 1.165) is 11.6 Å². The lowest BCUT2D eigenvalue weighted by Crippen LogP contribution is -2.07. The highest BCUT2D eigenvalue weighted by molar-refractivity contribution is 6.31. The van der Waals surface area contributed by atoms with Gasteiger partial charge in [0.25, 0.3) is 0 Å². The van der Waals surface area contributed by atoms with E-state index in [2.05, 4.69) is 0 Å². The minimum absolute atomic E-state index is 0.270. The Morgan fingerprint density at radius 3 is 2.05 bits per heavy atom. The van der Waals surface area contributed by atoms with Gasteiger partial charge in [-0.15, -0.1) is 0 Å². The van der Waals surface area contributed by atoms with E-state index in [1.54, 1.807) is 18.2 Å². The molecule has 0 aliphatic carbocycles. The molecule has 0 radical (unpaired) electrons. The summed E-state index contributed by atoms with van der Waals surface area (Å²) in [6.07, 6.45) is -3.25. The summed E-state index contributed by atoms with van der Waals surface area (Å²) >= 11 is 5.58. The molecule has 0 heterocycles. The molecule has 106 valence electrons. The number of nitrogen functional groups attached to an aromatic ring is 1. The molecule has 0 fully saturated rings. The lowest BCUT2D eigenvalue weighted by Gasteiger charge is -2.11. The molecule has 0 atom stereocenters. The van der Waals surface area contributed by atoms with Gasteiger partial charge in [0.1, 0.15) is 0 Å². The first-order chi connectivity index (χ1) is 9.36. The Balaban J connectivity index is 2.12. The number of benzene rings is 2. The zero-order chi connectivity index (χ0) is 14.8. The van der Waals surface area contributed by atoms with Crippen molar-refractivity contribution in [2.24, 2.45) is 0 Å². The van der Waals surface area contributed by atoms with Crippen LogP contribution in [0, 0.1) is 0 Å². The van der Waals surface area contributed by atoms with E-state index >= 15 is 0 Å². The van der Waals surface area contributed by atoms with E-state index in [9.17, 15) is 13.2 Å². The Hall–Kier alpha value is -1.68. The van der Waals surface area contributed by atoms with Gasteiger partial charge < -0.3 is 5.73 Å². The molecule has 2 N–H and O–H groups in total. The van der Waals surface area contributed by atoms with Gasteiger partial charge in [-0.3, -0.25) is 0 Å². The zero-order valence-electron chi connectivity index (χ0n) is 10.5. The maximum Gasteiger partial charge on any atom is 0.417 e. The van der Waals surface area contributed by atoms with Gasteiger partial charge in [-0.05, 0) is 48.2 Å². The number of anilines is 1. The van der Waals surface area contributed by atoms with Gasteiger partial charge in [-0.25, -0.2) is 0 Å². The second-order valence-corrected chi connectivity index (χ2v) is 4.96. The number of hydrogen-bond donors (Lipinski definition) is 1. The molecule has 0 aliphatic heterocycles. The molecule has 2 aromatic carbocycles. The molecule has 0 saturated carbocycles. The summed E-state index contributed by atoms with van der Waals surface area (Å²) in [7, 11) is 0. The van der Waals surface area contributed by atoms with Crippen molar-refractivity contribution in [1.82, 2.24) is 0 Å². The molecule has 0 amide bonds. The Bertz CT molecular complexity index is 591. The number of rotatable bonds is 3. The summed E-state index contributed by atoms with van der Waals surface area (Å²) in [6.45, 7) is 0. The third-order valence-corrected chi connectivity index (χ3v) is 3.35. The summed E-state index contributed by atoms with van der Waals surface area (Å²) < 4.78 is 38.2. The summed E-state index contributed by atoms with van der Waals surface area (Å²) in [6, 6.07) is 11.3. The molecule has 0 spiro atoms. The third-order valence-electron chi connectivity index (χ3n) is 3.02.